The van der Waals surface area contributed by atoms with Gasteiger partial charge in [0.15, 0.2) is 0 Å². The molecule has 1 aliphatic rings. The second-order valence-corrected chi connectivity index (χ2v) is 6.45. The van der Waals surface area contributed by atoms with Crippen molar-refractivity contribution in [3.05, 3.63) is 65.5 Å². The number of ether oxygens (including phenoxy) is 1. The van der Waals surface area contributed by atoms with E-state index in [1.165, 1.54) is 12.1 Å². The number of nitrogens with one attached hydrogen (secondary N) is 1. The van der Waals surface area contributed by atoms with Crippen molar-refractivity contribution in [3.8, 4) is 0 Å². The minimum Gasteiger partial charge on any atom is -0.399 e. The molecule has 0 aromatic heterocycles. The molecular formula is C20H23FN2O2. The molecule has 0 spiro atoms. The summed E-state index contributed by atoms with van der Waals surface area (Å²) < 4.78 is 18.7. The molecule has 1 saturated heterocycles. The quantitative estimate of drug-likeness (QED) is 0.821. The van der Waals surface area contributed by atoms with Gasteiger partial charge in [-0.1, -0.05) is 24.3 Å². The van der Waals surface area contributed by atoms with Crippen molar-refractivity contribution in [1.29, 1.82) is 0 Å². The molecule has 132 valence electrons. The Morgan fingerprint density at radius 1 is 1.08 bits per heavy atom. The van der Waals surface area contributed by atoms with Gasteiger partial charge < -0.3 is 15.8 Å². The highest BCUT2D eigenvalue weighted by Crippen LogP contribution is 2.35. The third kappa shape index (κ3) is 3.99. The fourth-order valence-corrected chi connectivity index (χ4v) is 3.31. The van der Waals surface area contributed by atoms with Crippen LogP contribution in [0.4, 0.5) is 10.1 Å². The zero-order valence-electron chi connectivity index (χ0n) is 14.1. The summed E-state index contributed by atoms with van der Waals surface area (Å²) in [6.45, 7) is 1.61. The van der Waals surface area contributed by atoms with Crippen LogP contribution in [0.25, 0.3) is 0 Å². The van der Waals surface area contributed by atoms with Gasteiger partial charge in [0.1, 0.15) is 5.82 Å². The highest BCUT2D eigenvalue weighted by atomic mass is 19.1. The van der Waals surface area contributed by atoms with Crippen molar-refractivity contribution in [1.82, 2.24) is 5.32 Å². The maximum atomic E-state index is 13.3. The maximum Gasteiger partial charge on any atom is 0.230 e. The number of amides is 1. The van der Waals surface area contributed by atoms with Crippen LogP contribution in [0, 0.1) is 5.82 Å². The smallest absolute Gasteiger partial charge is 0.230 e. The number of halogens is 1. The number of benzene rings is 2. The van der Waals surface area contributed by atoms with Gasteiger partial charge in [-0.15, -0.1) is 0 Å². The van der Waals surface area contributed by atoms with Gasteiger partial charge in [0.25, 0.3) is 0 Å². The molecule has 1 fully saturated rings. The number of nitrogen functional groups attached to an aromatic ring is 1. The van der Waals surface area contributed by atoms with Crippen LogP contribution in [0.15, 0.2) is 48.5 Å². The summed E-state index contributed by atoms with van der Waals surface area (Å²) >= 11 is 0. The molecule has 4 nitrogen and oxygen atoms in total. The number of carbonyl (C=O) groups excluding carboxylic acids is 1. The molecule has 0 unspecified atom stereocenters. The number of anilines is 1. The van der Waals surface area contributed by atoms with Crippen LogP contribution < -0.4 is 11.1 Å². The summed E-state index contributed by atoms with van der Waals surface area (Å²) in [5.41, 5.74) is 7.74. The minimum atomic E-state index is -0.646. The summed E-state index contributed by atoms with van der Waals surface area (Å²) in [5, 5.41) is 3.05. The van der Waals surface area contributed by atoms with E-state index >= 15 is 0 Å². The first-order chi connectivity index (χ1) is 12.1. The number of hydrogen-bond donors (Lipinski definition) is 2. The molecule has 0 saturated carbocycles. The molecule has 1 aliphatic heterocycles. The van der Waals surface area contributed by atoms with Crippen LogP contribution in [0.2, 0.25) is 0 Å². The van der Waals surface area contributed by atoms with Gasteiger partial charge in [-0.2, -0.15) is 0 Å². The van der Waals surface area contributed by atoms with Crippen LogP contribution in [0.3, 0.4) is 0 Å². The van der Waals surface area contributed by atoms with E-state index in [0.29, 0.717) is 32.6 Å². The van der Waals surface area contributed by atoms with Gasteiger partial charge in [0, 0.05) is 25.4 Å². The molecule has 25 heavy (non-hydrogen) atoms. The number of nitrogens with two attached hydrogens (primary N) is 1. The number of rotatable bonds is 5. The lowest BCUT2D eigenvalue weighted by Crippen LogP contribution is -2.48. The van der Waals surface area contributed by atoms with Gasteiger partial charge in [0.05, 0.1) is 5.41 Å². The molecule has 2 aromatic rings. The topological polar surface area (TPSA) is 64.3 Å². The van der Waals surface area contributed by atoms with Crippen LogP contribution >= 0.6 is 0 Å². The fourth-order valence-electron chi connectivity index (χ4n) is 3.31. The molecule has 5 heteroatoms. The summed E-state index contributed by atoms with van der Waals surface area (Å²) in [7, 11) is 0. The van der Waals surface area contributed by atoms with Crippen molar-refractivity contribution in [3.63, 3.8) is 0 Å². The monoisotopic (exact) mass is 342 g/mol. The second kappa shape index (κ2) is 7.66. The molecular weight excluding hydrogens is 319 g/mol. The Hall–Kier alpha value is -2.40. The van der Waals surface area contributed by atoms with Crippen molar-refractivity contribution >= 4 is 11.6 Å². The molecule has 3 N–H and O–H groups in total. The molecule has 1 heterocycles. The Morgan fingerprint density at radius 2 is 1.72 bits per heavy atom. The second-order valence-electron chi connectivity index (χ2n) is 6.45. The lowest BCUT2D eigenvalue weighted by Gasteiger charge is -2.36. The Bertz CT molecular complexity index is 707. The van der Waals surface area contributed by atoms with Crippen LogP contribution in [0.5, 0.6) is 0 Å². The zero-order chi connectivity index (χ0) is 17.7. The predicted octanol–water partition coefficient (Wildman–Crippen LogP) is 2.82. The highest BCUT2D eigenvalue weighted by molar-refractivity contribution is 5.88. The summed E-state index contributed by atoms with van der Waals surface area (Å²) in [5.74, 6) is -0.312. The van der Waals surface area contributed by atoms with E-state index in [4.69, 9.17) is 10.5 Å². The minimum absolute atomic E-state index is 0.0159. The molecule has 0 atom stereocenters. The molecule has 1 amide bonds. The number of hydrogen-bond acceptors (Lipinski definition) is 3. The fraction of sp³-hybridized carbons (Fsp3) is 0.350. The van der Waals surface area contributed by atoms with Gasteiger partial charge in [-0.05, 0) is 54.7 Å². The average molecular weight is 342 g/mol. The first-order valence-electron chi connectivity index (χ1n) is 8.57. The van der Waals surface area contributed by atoms with Crippen LogP contribution in [-0.2, 0) is 21.4 Å². The van der Waals surface area contributed by atoms with Crippen molar-refractivity contribution in [2.75, 3.05) is 25.5 Å². The van der Waals surface area contributed by atoms with Gasteiger partial charge in [-0.25, -0.2) is 4.39 Å². The van der Waals surface area contributed by atoms with Crippen LogP contribution in [0.1, 0.15) is 24.0 Å². The van der Waals surface area contributed by atoms with Gasteiger partial charge in [-0.3, -0.25) is 4.79 Å². The summed E-state index contributed by atoms with van der Waals surface area (Å²) in [4.78, 5) is 13.0. The average Bonchev–Trinajstić information content (AvgIpc) is 2.64. The third-order valence-electron chi connectivity index (χ3n) is 4.86. The Morgan fingerprint density at radius 3 is 2.36 bits per heavy atom. The van der Waals surface area contributed by atoms with Gasteiger partial charge >= 0.3 is 0 Å². The van der Waals surface area contributed by atoms with E-state index in [0.717, 1.165) is 23.2 Å². The van der Waals surface area contributed by atoms with Gasteiger partial charge in [0.2, 0.25) is 5.91 Å². The van der Waals surface area contributed by atoms with Crippen LogP contribution in [-0.4, -0.2) is 25.7 Å². The SMILES string of the molecule is Nc1ccc(CCNC(=O)C2(c3ccc(F)cc3)CCOCC2)cc1. The predicted molar refractivity (Wildman–Crippen MR) is 95.7 cm³/mol. The molecule has 0 aliphatic carbocycles. The Balaban J connectivity index is 1.69. The van der Waals surface area contributed by atoms with E-state index in [1.54, 1.807) is 12.1 Å². The highest BCUT2D eigenvalue weighted by Gasteiger charge is 2.41. The van der Waals surface area contributed by atoms with E-state index in [1.807, 2.05) is 24.3 Å². The molecule has 0 bridgehead atoms. The largest absolute Gasteiger partial charge is 0.399 e. The molecule has 0 radical (unpaired) electrons. The van der Waals surface area contributed by atoms with E-state index in [9.17, 15) is 9.18 Å². The lowest BCUT2D eigenvalue weighted by atomic mass is 9.73. The summed E-state index contributed by atoms with van der Waals surface area (Å²) in [6, 6.07) is 13.9. The molecule has 3 rings (SSSR count). The zero-order valence-corrected chi connectivity index (χ0v) is 14.1. The summed E-state index contributed by atoms with van der Waals surface area (Å²) in [6.07, 6.45) is 1.95. The Labute approximate surface area is 147 Å². The Kier molecular flexibility index (Phi) is 5.34. The first kappa shape index (κ1) is 17.4. The number of carbonyl (C=O) groups is 1. The van der Waals surface area contributed by atoms with Crippen molar-refractivity contribution in [2.24, 2.45) is 0 Å². The lowest BCUT2D eigenvalue weighted by molar-refractivity contribution is -0.130. The normalized spacial score (nSPS) is 16.4. The van der Waals surface area contributed by atoms with Crippen molar-refractivity contribution in [2.45, 2.75) is 24.7 Å². The standard InChI is InChI=1S/C20H23FN2O2/c21-17-5-3-16(4-6-17)20(10-13-25-14-11-20)19(24)23-12-9-15-1-7-18(22)8-2-15/h1-8H,9-14,22H2,(H,23,24). The third-order valence-corrected chi connectivity index (χ3v) is 4.86. The van der Waals surface area contributed by atoms with E-state index in [2.05, 4.69) is 5.32 Å². The van der Waals surface area contributed by atoms with E-state index in [-0.39, 0.29) is 11.7 Å². The van der Waals surface area contributed by atoms with Crippen molar-refractivity contribution < 1.29 is 13.9 Å². The van der Waals surface area contributed by atoms with E-state index < -0.39 is 5.41 Å². The first-order valence-corrected chi connectivity index (χ1v) is 8.57. The molecule has 2 aromatic carbocycles. The maximum absolute atomic E-state index is 13.3.